The van der Waals surface area contributed by atoms with Crippen molar-refractivity contribution in [2.45, 2.75) is 23.0 Å². The first-order valence-electron chi connectivity index (χ1n) is 7.43. The number of nitrogens with one attached hydrogen (secondary N) is 1. The number of ether oxygens (including phenoxy) is 2. The maximum Gasteiger partial charge on any atom is 0.269 e. The molecule has 0 bridgehead atoms. The van der Waals surface area contributed by atoms with Crippen LogP contribution >= 0.6 is 11.6 Å². The lowest BCUT2D eigenvalue weighted by Gasteiger charge is -2.13. The van der Waals surface area contributed by atoms with Crippen molar-refractivity contribution in [3.05, 3.63) is 65.3 Å². The summed E-state index contributed by atoms with van der Waals surface area (Å²) < 4.78 is 36.9. The van der Waals surface area contributed by atoms with Crippen molar-refractivity contribution in [1.29, 1.82) is 0 Å². The van der Waals surface area contributed by atoms with Crippen LogP contribution in [0, 0.1) is 6.92 Å². The molecular formula is C17H13ClN2O4S. The second-order valence-electron chi connectivity index (χ2n) is 5.52. The molecule has 4 rings (SSSR count). The van der Waals surface area contributed by atoms with Gasteiger partial charge in [-0.15, -0.1) is 0 Å². The number of hydrogen-bond donors (Lipinski definition) is 1. The first-order valence-corrected chi connectivity index (χ1v) is 9.29. The average molecular weight is 377 g/mol. The number of aromatic nitrogens is 2. The number of rotatable bonds is 3. The number of pyridine rings is 1. The number of nitrogens with zero attached hydrogens (tertiary/aromatic N) is 1. The van der Waals surface area contributed by atoms with Crippen molar-refractivity contribution < 1.29 is 17.9 Å². The van der Waals surface area contributed by atoms with Crippen LogP contribution in [0.15, 0.2) is 58.8 Å². The van der Waals surface area contributed by atoms with Crippen LogP contribution in [0.25, 0.3) is 11.0 Å². The average Bonchev–Trinajstić information content (AvgIpc) is 3.23. The molecule has 3 heterocycles. The highest BCUT2D eigenvalue weighted by Gasteiger charge is 2.29. The van der Waals surface area contributed by atoms with Gasteiger partial charge in [0.15, 0.2) is 0 Å². The fourth-order valence-electron chi connectivity index (χ4n) is 2.83. The maximum atomic E-state index is 13.1. The van der Waals surface area contributed by atoms with E-state index in [1.54, 1.807) is 37.3 Å². The first-order chi connectivity index (χ1) is 12.0. The van der Waals surface area contributed by atoms with Gasteiger partial charge in [0.25, 0.3) is 6.29 Å². The molecule has 8 heteroatoms. The minimum absolute atomic E-state index is 0.110. The number of hydrogen-bond acceptors (Lipinski definition) is 5. The third kappa shape index (κ3) is 2.47. The second kappa shape index (κ2) is 5.79. The Kier molecular flexibility index (Phi) is 3.70. The van der Waals surface area contributed by atoms with Crippen LogP contribution in [-0.2, 0) is 19.3 Å². The lowest BCUT2D eigenvalue weighted by molar-refractivity contribution is -0.0246. The third-order valence-electron chi connectivity index (χ3n) is 3.95. The Labute approximate surface area is 149 Å². The molecule has 0 aliphatic carbocycles. The summed E-state index contributed by atoms with van der Waals surface area (Å²) in [6.07, 6.45) is 3.56. The highest BCUT2D eigenvalue weighted by atomic mass is 35.5. The number of aryl methyl sites for hydroxylation is 1. The van der Waals surface area contributed by atoms with Gasteiger partial charge in [0.1, 0.15) is 23.1 Å². The first kappa shape index (κ1) is 16.0. The van der Waals surface area contributed by atoms with Gasteiger partial charge in [-0.25, -0.2) is 13.4 Å². The molecule has 25 heavy (non-hydrogen) atoms. The summed E-state index contributed by atoms with van der Waals surface area (Å²) in [4.78, 5) is 7.57. The highest BCUT2D eigenvalue weighted by Crippen LogP contribution is 2.39. The Morgan fingerprint density at radius 2 is 1.84 bits per heavy atom. The third-order valence-corrected chi connectivity index (χ3v) is 6.30. The van der Waals surface area contributed by atoms with Crippen molar-refractivity contribution in [2.75, 3.05) is 0 Å². The molecule has 2 aromatic heterocycles. The minimum atomic E-state index is -3.77. The number of aromatic amines is 1. The van der Waals surface area contributed by atoms with Gasteiger partial charge in [-0.05, 0) is 19.1 Å². The number of benzene rings is 1. The normalized spacial score (nSPS) is 14.6. The maximum absolute atomic E-state index is 13.1. The quantitative estimate of drug-likeness (QED) is 0.750. The number of sulfone groups is 1. The van der Waals surface area contributed by atoms with E-state index in [1.807, 2.05) is 0 Å². The summed E-state index contributed by atoms with van der Waals surface area (Å²) in [5, 5.41) is 0.567. The number of fused-ring (bicyclic) bond motifs is 1. The van der Waals surface area contributed by atoms with E-state index >= 15 is 0 Å². The summed E-state index contributed by atoms with van der Waals surface area (Å²) >= 11 is 6.52. The topological polar surface area (TPSA) is 81.3 Å². The molecule has 1 aliphatic heterocycles. The molecule has 0 saturated carbocycles. The molecular weight excluding hydrogens is 364 g/mol. The van der Waals surface area contributed by atoms with E-state index in [4.69, 9.17) is 21.1 Å². The van der Waals surface area contributed by atoms with Crippen molar-refractivity contribution in [3.63, 3.8) is 0 Å². The van der Waals surface area contributed by atoms with E-state index in [1.165, 1.54) is 18.7 Å². The zero-order valence-electron chi connectivity index (χ0n) is 13.1. The Bertz CT molecular complexity index is 1080. The molecule has 0 fully saturated rings. The lowest BCUT2D eigenvalue weighted by Crippen LogP contribution is -2.04. The molecule has 0 radical (unpaired) electrons. The van der Waals surface area contributed by atoms with Crippen LogP contribution in [0.4, 0.5) is 0 Å². The van der Waals surface area contributed by atoms with Gasteiger partial charge in [-0.1, -0.05) is 29.8 Å². The molecule has 0 atom stereocenters. The van der Waals surface area contributed by atoms with Crippen molar-refractivity contribution >= 4 is 32.5 Å². The standard InChI is InChI=1S/C17H13ClN2O4S/c1-10-15(25(21,22)11-5-3-2-4-6-11)13-14(18)12(9-19-16(13)20-10)17-23-7-8-24-17/h2-9,17H,1H3,(H,19,20). The lowest BCUT2D eigenvalue weighted by atomic mass is 10.2. The van der Waals surface area contributed by atoms with Crippen LogP contribution in [0.3, 0.4) is 0 Å². The van der Waals surface area contributed by atoms with E-state index in [2.05, 4.69) is 9.97 Å². The number of H-pyrrole nitrogens is 1. The van der Waals surface area contributed by atoms with E-state index < -0.39 is 16.1 Å². The molecule has 6 nitrogen and oxygen atoms in total. The van der Waals surface area contributed by atoms with Crippen molar-refractivity contribution in [3.8, 4) is 0 Å². The summed E-state index contributed by atoms with van der Waals surface area (Å²) in [6, 6.07) is 8.20. The van der Waals surface area contributed by atoms with Gasteiger partial charge >= 0.3 is 0 Å². The Morgan fingerprint density at radius 1 is 1.16 bits per heavy atom. The summed E-state index contributed by atoms with van der Waals surface area (Å²) in [6.45, 7) is 1.68. The van der Waals surface area contributed by atoms with E-state index in [0.717, 1.165) is 0 Å². The van der Waals surface area contributed by atoms with Crippen LogP contribution in [0.5, 0.6) is 0 Å². The van der Waals surface area contributed by atoms with Gasteiger partial charge in [0, 0.05) is 11.9 Å². The van der Waals surface area contributed by atoms with E-state index in [-0.39, 0.29) is 14.8 Å². The predicted molar refractivity (Wildman–Crippen MR) is 91.8 cm³/mol. The van der Waals surface area contributed by atoms with Gasteiger partial charge in [-0.2, -0.15) is 0 Å². The highest BCUT2D eigenvalue weighted by molar-refractivity contribution is 7.91. The molecule has 1 aromatic carbocycles. The molecule has 0 amide bonds. The van der Waals surface area contributed by atoms with E-state index in [0.29, 0.717) is 22.3 Å². The fourth-order valence-corrected chi connectivity index (χ4v) is 4.88. The predicted octanol–water partition coefficient (Wildman–Crippen LogP) is 3.87. The Morgan fingerprint density at radius 3 is 2.52 bits per heavy atom. The van der Waals surface area contributed by atoms with Crippen LogP contribution in [0.2, 0.25) is 5.02 Å². The van der Waals surface area contributed by atoms with Crippen molar-refractivity contribution in [2.24, 2.45) is 0 Å². The van der Waals surface area contributed by atoms with Crippen molar-refractivity contribution in [1.82, 2.24) is 9.97 Å². The van der Waals surface area contributed by atoms with Crippen LogP contribution < -0.4 is 0 Å². The van der Waals surface area contributed by atoms with Gasteiger partial charge in [0.05, 0.1) is 20.9 Å². The summed E-state index contributed by atoms with van der Waals surface area (Å²) in [5.41, 5.74) is 1.33. The zero-order chi connectivity index (χ0) is 17.6. The molecule has 128 valence electrons. The second-order valence-corrected chi connectivity index (χ2v) is 7.79. The minimum Gasteiger partial charge on any atom is -0.455 e. The Balaban J connectivity index is 1.98. The zero-order valence-corrected chi connectivity index (χ0v) is 14.6. The van der Waals surface area contributed by atoms with Gasteiger partial charge in [-0.3, -0.25) is 0 Å². The largest absolute Gasteiger partial charge is 0.455 e. The Hall–Kier alpha value is -2.51. The molecule has 0 spiro atoms. The molecule has 0 saturated heterocycles. The SMILES string of the molecule is Cc1[nH]c2ncc(C3OC=CO3)c(Cl)c2c1S(=O)(=O)c1ccccc1. The molecule has 3 aromatic rings. The van der Waals surface area contributed by atoms with Gasteiger partial charge < -0.3 is 14.5 Å². The monoisotopic (exact) mass is 376 g/mol. The molecule has 0 unspecified atom stereocenters. The summed E-state index contributed by atoms with van der Waals surface area (Å²) in [5.74, 6) is 0. The number of halogens is 1. The van der Waals surface area contributed by atoms with Crippen LogP contribution in [-0.4, -0.2) is 18.4 Å². The smallest absolute Gasteiger partial charge is 0.269 e. The summed E-state index contributed by atoms with van der Waals surface area (Å²) in [7, 11) is -3.77. The fraction of sp³-hybridized carbons (Fsp3) is 0.118. The molecule has 1 aliphatic rings. The van der Waals surface area contributed by atoms with E-state index in [9.17, 15) is 8.42 Å². The van der Waals surface area contributed by atoms with Crippen LogP contribution in [0.1, 0.15) is 17.5 Å². The molecule has 1 N–H and O–H groups in total. The van der Waals surface area contributed by atoms with Gasteiger partial charge in [0.2, 0.25) is 9.84 Å².